The minimum atomic E-state index is -0.911. The number of carboxylic acids is 2. The molecule has 0 bridgehead atoms. The van der Waals surface area contributed by atoms with E-state index in [2.05, 4.69) is 0 Å². The molecule has 14 heavy (non-hydrogen) atoms. The number of hydrogen-bond donors (Lipinski definition) is 2. The summed E-state index contributed by atoms with van der Waals surface area (Å²) in [4.78, 5) is 21.6. The van der Waals surface area contributed by atoms with E-state index in [1.165, 1.54) is 12.2 Å². The fourth-order valence-corrected chi connectivity index (χ4v) is 1.85. The molecule has 0 aromatic carbocycles. The highest BCUT2D eigenvalue weighted by Gasteiger charge is 2.39. The van der Waals surface area contributed by atoms with Crippen molar-refractivity contribution in [2.24, 2.45) is 17.3 Å². The fraction of sp³-hybridized carbons (Fsp3) is 0.600. The zero-order valence-corrected chi connectivity index (χ0v) is 8.23. The van der Waals surface area contributed by atoms with E-state index in [1.807, 2.05) is 0 Å². The third kappa shape index (κ3) is 1.78. The highest BCUT2D eigenvalue weighted by Crippen LogP contribution is 2.37. The van der Waals surface area contributed by atoms with Gasteiger partial charge in [-0.1, -0.05) is 19.1 Å². The van der Waals surface area contributed by atoms with Crippen molar-refractivity contribution in [3.63, 3.8) is 0 Å². The first kappa shape index (κ1) is 10.8. The predicted octanol–water partition coefficient (Wildman–Crippen LogP) is 1.37. The summed E-state index contributed by atoms with van der Waals surface area (Å²) in [7, 11) is 0. The van der Waals surface area contributed by atoms with Gasteiger partial charge in [0.1, 0.15) is 0 Å². The summed E-state index contributed by atoms with van der Waals surface area (Å²) < 4.78 is 0. The van der Waals surface area contributed by atoms with E-state index >= 15 is 0 Å². The van der Waals surface area contributed by atoms with Gasteiger partial charge in [-0.15, -0.1) is 0 Å². The Balaban J connectivity index is 2.91. The van der Waals surface area contributed by atoms with Gasteiger partial charge in [-0.2, -0.15) is 0 Å². The second kappa shape index (κ2) is 3.44. The molecule has 3 atom stereocenters. The van der Waals surface area contributed by atoms with Crippen LogP contribution in [0.4, 0.5) is 0 Å². The zero-order chi connectivity index (χ0) is 10.9. The lowest BCUT2D eigenvalue weighted by molar-refractivity contribution is -0.149. The fourth-order valence-electron chi connectivity index (χ4n) is 1.85. The molecule has 0 heterocycles. The predicted molar refractivity (Wildman–Crippen MR) is 49.8 cm³/mol. The zero-order valence-electron chi connectivity index (χ0n) is 8.23. The Morgan fingerprint density at radius 2 is 2.00 bits per heavy atom. The first-order valence-electron chi connectivity index (χ1n) is 4.52. The van der Waals surface area contributed by atoms with Gasteiger partial charge in [0, 0.05) is 0 Å². The van der Waals surface area contributed by atoms with Crippen LogP contribution in [0, 0.1) is 17.3 Å². The number of carbonyl (C=O) groups is 2. The van der Waals surface area contributed by atoms with Crippen molar-refractivity contribution in [1.82, 2.24) is 0 Å². The summed E-state index contributed by atoms with van der Waals surface area (Å²) in [5.41, 5.74) is -0.911. The van der Waals surface area contributed by atoms with Crippen molar-refractivity contribution in [3.05, 3.63) is 12.2 Å². The highest BCUT2D eigenvalue weighted by molar-refractivity contribution is 5.79. The average Bonchev–Trinajstić information content (AvgIpc) is 2.02. The van der Waals surface area contributed by atoms with Crippen LogP contribution in [0.15, 0.2) is 12.2 Å². The largest absolute Gasteiger partial charge is 0.481 e. The van der Waals surface area contributed by atoms with E-state index < -0.39 is 23.3 Å². The molecule has 0 saturated heterocycles. The standard InChI is InChI=1S/C10H14O4/c1-6-5-10(2,9(13)14)4-3-7(6)8(11)12/h3-4,6-7H,5H2,1-2H3,(H,11,12)(H,13,14). The number of carboxylic acid groups (broad SMARTS) is 2. The molecule has 1 aliphatic rings. The van der Waals surface area contributed by atoms with E-state index in [9.17, 15) is 9.59 Å². The Hall–Kier alpha value is -1.32. The van der Waals surface area contributed by atoms with Gasteiger partial charge >= 0.3 is 11.9 Å². The Morgan fingerprint density at radius 3 is 2.36 bits per heavy atom. The van der Waals surface area contributed by atoms with Gasteiger partial charge in [-0.05, 0) is 19.3 Å². The third-order valence-corrected chi connectivity index (χ3v) is 2.80. The second-order valence-corrected chi connectivity index (χ2v) is 4.13. The van der Waals surface area contributed by atoms with E-state index in [-0.39, 0.29) is 5.92 Å². The molecule has 4 nitrogen and oxygen atoms in total. The van der Waals surface area contributed by atoms with E-state index in [0.29, 0.717) is 6.42 Å². The maximum Gasteiger partial charge on any atom is 0.313 e. The molecule has 3 unspecified atom stereocenters. The van der Waals surface area contributed by atoms with Crippen LogP contribution in [0.5, 0.6) is 0 Å². The first-order chi connectivity index (χ1) is 6.37. The molecule has 0 fully saturated rings. The van der Waals surface area contributed by atoms with Crippen molar-refractivity contribution in [2.45, 2.75) is 20.3 Å². The van der Waals surface area contributed by atoms with Gasteiger partial charge in [-0.3, -0.25) is 9.59 Å². The normalized spacial score (nSPS) is 36.7. The Bertz CT molecular complexity index is 294. The third-order valence-electron chi connectivity index (χ3n) is 2.80. The van der Waals surface area contributed by atoms with Crippen LogP contribution in [0.3, 0.4) is 0 Å². The van der Waals surface area contributed by atoms with Crippen LogP contribution in [-0.2, 0) is 9.59 Å². The van der Waals surface area contributed by atoms with Crippen LogP contribution < -0.4 is 0 Å². The molecule has 0 radical (unpaired) electrons. The van der Waals surface area contributed by atoms with E-state index in [1.54, 1.807) is 13.8 Å². The molecular weight excluding hydrogens is 184 g/mol. The van der Waals surface area contributed by atoms with Crippen LogP contribution in [0.1, 0.15) is 20.3 Å². The smallest absolute Gasteiger partial charge is 0.313 e. The second-order valence-electron chi connectivity index (χ2n) is 4.13. The summed E-state index contributed by atoms with van der Waals surface area (Å²) in [6.45, 7) is 3.38. The molecule has 78 valence electrons. The molecule has 0 aromatic rings. The summed E-state index contributed by atoms with van der Waals surface area (Å²) in [5, 5.41) is 17.8. The topological polar surface area (TPSA) is 74.6 Å². The summed E-state index contributed by atoms with van der Waals surface area (Å²) in [6.07, 6.45) is 3.36. The van der Waals surface area contributed by atoms with Crippen LogP contribution >= 0.6 is 0 Å². The van der Waals surface area contributed by atoms with E-state index in [4.69, 9.17) is 10.2 Å². The Labute approximate surface area is 82.2 Å². The van der Waals surface area contributed by atoms with Gasteiger partial charge in [-0.25, -0.2) is 0 Å². The number of aliphatic carboxylic acids is 2. The lowest BCUT2D eigenvalue weighted by atomic mass is 9.72. The number of rotatable bonds is 2. The van der Waals surface area contributed by atoms with Gasteiger partial charge in [0.2, 0.25) is 0 Å². The monoisotopic (exact) mass is 198 g/mol. The molecule has 0 spiro atoms. The Morgan fingerprint density at radius 1 is 1.43 bits per heavy atom. The molecule has 0 amide bonds. The molecule has 0 aliphatic heterocycles. The number of hydrogen-bond acceptors (Lipinski definition) is 2. The molecule has 0 saturated carbocycles. The van der Waals surface area contributed by atoms with Gasteiger partial charge in [0.25, 0.3) is 0 Å². The summed E-state index contributed by atoms with van der Waals surface area (Å²) in [5.74, 6) is -2.48. The average molecular weight is 198 g/mol. The van der Waals surface area contributed by atoms with Crippen molar-refractivity contribution in [2.75, 3.05) is 0 Å². The van der Waals surface area contributed by atoms with Crippen LogP contribution in [-0.4, -0.2) is 22.2 Å². The van der Waals surface area contributed by atoms with Gasteiger partial charge < -0.3 is 10.2 Å². The minimum Gasteiger partial charge on any atom is -0.481 e. The molecule has 4 heteroatoms. The minimum absolute atomic E-state index is 0.140. The SMILES string of the molecule is CC1CC(C)(C(=O)O)C=CC1C(=O)O. The lowest BCUT2D eigenvalue weighted by Crippen LogP contribution is -2.35. The maximum atomic E-state index is 10.9. The molecule has 1 rings (SSSR count). The maximum absolute atomic E-state index is 10.9. The lowest BCUT2D eigenvalue weighted by Gasteiger charge is -2.31. The van der Waals surface area contributed by atoms with Crippen molar-refractivity contribution >= 4 is 11.9 Å². The highest BCUT2D eigenvalue weighted by atomic mass is 16.4. The quantitative estimate of drug-likeness (QED) is 0.657. The summed E-state index contributed by atoms with van der Waals surface area (Å²) >= 11 is 0. The molecule has 0 aromatic heterocycles. The van der Waals surface area contributed by atoms with Crippen molar-refractivity contribution < 1.29 is 19.8 Å². The van der Waals surface area contributed by atoms with Gasteiger partial charge in [0.05, 0.1) is 11.3 Å². The first-order valence-corrected chi connectivity index (χ1v) is 4.52. The van der Waals surface area contributed by atoms with Crippen molar-refractivity contribution in [1.29, 1.82) is 0 Å². The van der Waals surface area contributed by atoms with Gasteiger partial charge in [0.15, 0.2) is 0 Å². The van der Waals surface area contributed by atoms with Crippen LogP contribution in [0.2, 0.25) is 0 Å². The summed E-state index contributed by atoms with van der Waals surface area (Å²) in [6, 6.07) is 0. The van der Waals surface area contributed by atoms with E-state index in [0.717, 1.165) is 0 Å². The Kier molecular flexibility index (Phi) is 2.64. The van der Waals surface area contributed by atoms with Crippen molar-refractivity contribution in [3.8, 4) is 0 Å². The molecule has 1 aliphatic carbocycles. The van der Waals surface area contributed by atoms with Crippen LogP contribution in [0.25, 0.3) is 0 Å². The molecule has 2 N–H and O–H groups in total. The molecular formula is C10H14O4.